The van der Waals surface area contributed by atoms with Gasteiger partial charge in [0.05, 0.1) is 31.3 Å². The van der Waals surface area contributed by atoms with Crippen LogP contribution in [0.3, 0.4) is 0 Å². The lowest BCUT2D eigenvalue weighted by Gasteiger charge is -2.37. The third-order valence-electron chi connectivity index (χ3n) is 7.84. The standard InChI is InChI=1S/C28H28N2O6/c1-17(16-31)30-24-26(33)29(20-11-10-18-7-2-3-8-19(18)15-20)13-6-12-28(24)23(25(30)32)22-21(36-28)9-4-5-14-35-27(22)34/h2-4,6-12,15,17,21-24,31H,5,13-14,16H2,1H3/t17-,21+,22-,23+,24?,28+/m1/s1. The zero-order chi connectivity index (χ0) is 25.0. The van der Waals surface area contributed by atoms with Gasteiger partial charge in [-0.3, -0.25) is 14.4 Å². The van der Waals surface area contributed by atoms with Gasteiger partial charge in [0.25, 0.3) is 5.91 Å². The van der Waals surface area contributed by atoms with Crippen molar-refractivity contribution in [2.45, 2.75) is 37.1 Å². The molecule has 0 aromatic heterocycles. The molecule has 1 spiro atoms. The van der Waals surface area contributed by atoms with E-state index in [0.717, 1.165) is 10.8 Å². The maximum Gasteiger partial charge on any atom is 0.312 e. The smallest absolute Gasteiger partial charge is 0.312 e. The quantitative estimate of drug-likeness (QED) is 0.526. The van der Waals surface area contributed by atoms with Crippen molar-refractivity contribution >= 4 is 34.2 Å². The molecule has 2 fully saturated rings. The third-order valence-corrected chi connectivity index (χ3v) is 7.84. The van der Waals surface area contributed by atoms with Gasteiger partial charge in [0.15, 0.2) is 0 Å². The number of nitrogens with zero attached hydrogens (tertiary/aromatic N) is 2. The highest BCUT2D eigenvalue weighted by Crippen LogP contribution is 2.53. The molecule has 8 heteroatoms. The first kappa shape index (κ1) is 22.9. The van der Waals surface area contributed by atoms with Gasteiger partial charge in [-0.25, -0.2) is 0 Å². The number of amides is 2. The Bertz CT molecular complexity index is 1300. The Morgan fingerprint density at radius 2 is 1.89 bits per heavy atom. The van der Waals surface area contributed by atoms with E-state index in [1.807, 2.05) is 60.7 Å². The number of ether oxygens (including phenoxy) is 2. The highest BCUT2D eigenvalue weighted by molar-refractivity contribution is 6.06. The van der Waals surface area contributed by atoms with Gasteiger partial charge in [0.1, 0.15) is 17.6 Å². The molecule has 0 radical (unpaired) electrons. The molecule has 0 aliphatic carbocycles. The Kier molecular flexibility index (Phi) is 5.46. The van der Waals surface area contributed by atoms with Gasteiger partial charge in [-0.2, -0.15) is 0 Å². The molecule has 4 aliphatic heterocycles. The van der Waals surface area contributed by atoms with E-state index in [0.29, 0.717) is 12.1 Å². The lowest BCUT2D eigenvalue weighted by Crippen LogP contribution is -2.57. The van der Waals surface area contributed by atoms with Gasteiger partial charge < -0.3 is 24.4 Å². The number of carbonyl (C=O) groups excluding carboxylic acids is 3. The molecule has 2 amide bonds. The first-order valence-corrected chi connectivity index (χ1v) is 12.4. The second-order valence-corrected chi connectivity index (χ2v) is 9.89. The number of benzene rings is 2. The van der Waals surface area contributed by atoms with Crippen LogP contribution in [0.4, 0.5) is 5.69 Å². The number of rotatable bonds is 3. The molecule has 4 heterocycles. The number of likely N-dealkylation sites (tertiary alicyclic amines) is 1. The first-order chi connectivity index (χ1) is 17.5. The molecule has 1 N–H and O–H groups in total. The zero-order valence-corrected chi connectivity index (χ0v) is 19.9. The lowest BCUT2D eigenvalue weighted by molar-refractivity contribution is -0.155. The van der Waals surface area contributed by atoms with Gasteiger partial charge in [0.2, 0.25) is 5.91 Å². The molecule has 8 nitrogen and oxygen atoms in total. The van der Waals surface area contributed by atoms with Crippen molar-refractivity contribution < 1.29 is 29.0 Å². The number of aliphatic hydroxyl groups is 1. The molecule has 2 aromatic rings. The Morgan fingerprint density at radius 1 is 1.08 bits per heavy atom. The number of hydrogen-bond acceptors (Lipinski definition) is 6. The Labute approximate surface area is 208 Å². The average Bonchev–Trinajstić information content (AvgIpc) is 3.27. The fourth-order valence-corrected chi connectivity index (χ4v) is 6.19. The van der Waals surface area contributed by atoms with Gasteiger partial charge in [-0.1, -0.05) is 54.6 Å². The maximum absolute atomic E-state index is 14.3. The normalized spacial score (nSPS) is 32.4. The van der Waals surface area contributed by atoms with E-state index in [1.54, 1.807) is 17.9 Å². The minimum atomic E-state index is -1.34. The molecule has 4 aliphatic rings. The minimum absolute atomic E-state index is 0.233. The SMILES string of the molecule is C[C@H](CO)N1C(=O)[C@@H]2[C@@H]3C(=O)OCCC=C[C@@H]3O[C@@]23C=CCN(c2ccc4ccccc4c2)C(=O)C13. The van der Waals surface area contributed by atoms with Crippen molar-refractivity contribution in [3.8, 4) is 0 Å². The lowest BCUT2D eigenvalue weighted by atomic mass is 9.77. The fourth-order valence-electron chi connectivity index (χ4n) is 6.19. The van der Waals surface area contributed by atoms with Crippen molar-refractivity contribution in [1.82, 2.24) is 4.90 Å². The largest absolute Gasteiger partial charge is 0.465 e. The van der Waals surface area contributed by atoms with Gasteiger partial charge in [-0.05, 0) is 36.2 Å². The predicted octanol–water partition coefficient (Wildman–Crippen LogP) is 2.21. The summed E-state index contributed by atoms with van der Waals surface area (Å²) in [5.41, 5.74) is -0.636. The van der Waals surface area contributed by atoms with Gasteiger partial charge >= 0.3 is 5.97 Å². The number of hydrogen-bond donors (Lipinski definition) is 1. The predicted molar refractivity (Wildman–Crippen MR) is 132 cm³/mol. The number of fused-ring (bicyclic) bond motifs is 3. The summed E-state index contributed by atoms with van der Waals surface area (Å²) in [6.45, 7) is 1.90. The molecule has 0 saturated carbocycles. The summed E-state index contributed by atoms with van der Waals surface area (Å²) in [5.74, 6) is -2.96. The average molecular weight is 489 g/mol. The van der Waals surface area contributed by atoms with Crippen LogP contribution in [0.5, 0.6) is 0 Å². The van der Waals surface area contributed by atoms with E-state index in [1.165, 1.54) is 4.90 Å². The molecule has 36 heavy (non-hydrogen) atoms. The molecule has 0 bridgehead atoms. The third kappa shape index (κ3) is 3.24. The van der Waals surface area contributed by atoms with Gasteiger partial charge in [-0.15, -0.1) is 0 Å². The summed E-state index contributed by atoms with van der Waals surface area (Å²) in [6, 6.07) is 12.1. The van der Waals surface area contributed by atoms with Crippen LogP contribution in [-0.2, 0) is 23.9 Å². The monoisotopic (exact) mass is 488 g/mol. The van der Waals surface area contributed by atoms with Crippen LogP contribution in [0.1, 0.15) is 13.3 Å². The molecule has 6 rings (SSSR count). The summed E-state index contributed by atoms with van der Waals surface area (Å²) < 4.78 is 12.0. The Hall–Kier alpha value is -3.49. The van der Waals surface area contributed by atoms with Crippen LogP contribution in [0.2, 0.25) is 0 Å². The summed E-state index contributed by atoms with van der Waals surface area (Å²) in [5, 5.41) is 12.1. The summed E-state index contributed by atoms with van der Waals surface area (Å²) >= 11 is 0. The van der Waals surface area contributed by atoms with Crippen LogP contribution in [0.25, 0.3) is 10.8 Å². The van der Waals surface area contributed by atoms with Crippen LogP contribution >= 0.6 is 0 Å². The molecule has 6 atom stereocenters. The zero-order valence-electron chi connectivity index (χ0n) is 19.9. The number of carbonyl (C=O) groups is 3. The number of cyclic esters (lactones) is 1. The second-order valence-electron chi connectivity index (χ2n) is 9.89. The summed E-state index contributed by atoms with van der Waals surface area (Å²) in [4.78, 5) is 44.3. The molecule has 2 aromatic carbocycles. The van der Waals surface area contributed by atoms with Crippen LogP contribution in [0.15, 0.2) is 66.8 Å². The second kappa shape index (κ2) is 8.57. The van der Waals surface area contributed by atoms with Crippen LogP contribution < -0.4 is 4.90 Å². The van der Waals surface area contributed by atoms with Crippen molar-refractivity contribution in [1.29, 1.82) is 0 Å². The Balaban J connectivity index is 1.47. The highest BCUT2D eigenvalue weighted by atomic mass is 16.6. The fraction of sp³-hybridized carbons (Fsp3) is 0.393. The molecule has 186 valence electrons. The van der Waals surface area contributed by atoms with E-state index in [9.17, 15) is 19.5 Å². The van der Waals surface area contributed by atoms with Crippen molar-refractivity contribution in [3.63, 3.8) is 0 Å². The topological polar surface area (TPSA) is 96.4 Å². The van der Waals surface area contributed by atoms with Crippen LogP contribution in [-0.4, -0.2) is 71.3 Å². The molecular formula is C28H28N2O6. The Morgan fingerprint density at radius 3 is 2.69 bits per heavy atom. The number of aliphatic hydroxyl groups excluding tert-OH is 1. The van der Waals surface area contributed by atoms with E-state index < -0.39 is 41.6 Å². The minimum Gasteiger partial charge on any atom is -0.465 e. The van der Waals surface area contributed by atoms with Crippen molar-refractivity contribution in [2.75, 3.05) is 24.7 Å². The van der Waals surface area contributed by atoms with Gasteiger partial charge in [0, 0.05) is 12.2 Å². The molecule has 2 saturated heterocycles. The van der Waals surface area contributed by atoms with Crippen LogP contribution in [0, 0.1) is 11.8 Å². The summed E-state index contributed by atoms with van der Waals surface area (Å²) in [7, 11) is 0. The van der Waals surface area contributed by atoms with E-state index in [4.69, 9.17) is 9.47 Å². The van der Waals surface area contributed by atoms with Crippen molar-refractivity contribution in [2.24, 2.45) is 11.8 Å². The summed E-state index contributed by atoms with van der Waals surface area (Å²) in [6.07, 6.45) is 7.21. The molecule has 1 unspecified atom stereocenters. The highest BCUT2D eigenvalue weighted by Gasteiger charge is 2.72. The van der Waals surface area contributed by atoms with E-state index in [-0.39, 0.29) is 31.6 Å². The number of anilines is 1. The maximum atomic E-state index is 14.3. The van der Waals surface area contributed by atoms with E-state index in [2.05, 4.69) is 0 Å². The van der Waals surface area contributed by atoms with E-state index >= 15 is 0 Å². The van der Waals surface area contributed by atoms with Crippen molar-refractivity contribution in [3.05, 3.63) is 66.8 Å². The first-order valence-electron chi connectivity index (χ1n) is 12.4. The number of esters is 1. The molecular weight excluding hydrogens is 460 g/mol.